The van der Waals surface area contributed by atoms with E-state index in [1.807, 2.05) is 13.0 Å². The number of fused-ring (bicyclic) bond motifs is 1. The molecule has 0 amide bonds. The number of hydrogen-bond donors (Lipinski definition) is 0. The molecule has 0 spiro atoms. The highest BCUT2D eigenvalue weighted by molar-refractivity contribution is 5.90. The molecule has 0 aliphatic heterocycles. The summed E-state index contributed by atoms with van der Waals surface area (Å²) in [6.45, 7) is 1.89. The Morgan fingerprint density at radius 3 is 2.55 bits per heavy atom. The highest BCUT2D eigenvalue weighted by atomic mass is 19.4. The lowest BCUT2D eigenvalue weighted by Gasteiger charge is -2.08. The van der Waals surface area contributed by atoms with Crippen LogP contribution >= 0.6 is 0 Å². The van der Waals surface area contributed by atoms with Gasteiger partial charge in [-0.3, -0.25) is 4.79 Å². The molecule has 0 aliphatic carbocycles. The van der Waals surface area contributed by atoms with Crippen molar-refractivity contribution < 1.29 is 18.0 Å². The first-order valence-corrected chi connectivity index (χ1v) is 6.65. The number of aryl methyl sites for hydroxylation is 1. The molecule has 2 aromatic heterocycles. The van der Waals surface area contributed by atoms with Crippen LogP contribution in [0.1, 0.15) is 21.6 Å². The standard InChI is InChI=1S/C17H12F3NO/c1-11-4-3-7-21-15(11)9-14(16(21)10-22)12-5-2-6-13(8-12)17(18,19)20/h2-10H,1H3. The Labute approximate surface area is 124 Å². The number of halogens is 3. The Bertz CT molecular complexity index is 862. The molecule has 0 aliphatic rings. The molecule has 0 saturated carbocycles. The van der Waals surface area contributed by atoms with Gasteiger partial charge in [-0.1, -0.05) is 18.2 Å². The van der Waals surface area contributed by atoms with Crippen LogP contribution in [0.4, 0.5) is 13.2 Å². The van der Waals surface area contributed by atoms with Gasteiger partial charge < -0.3 is 4.40 Å². The van der Waals surface area contributed by atoms with Gasteiger partial charge in [0.25, 0.3) is 0 Å². The molecule has 3 aromatic rings. The average molecular weight is 303 g/mol. The second kappa shape index (κ2) is 5.02. The molecular weight excluding hydrogens is 291 g/mol. The van der Waals surface area contributed by atoms with Crippen LogP contribution < -0.4 is 0 Å². The number of alkyl halides is 3. The predicted molar refractivity (Wildman–Crippen MR) is 78.0 cm³/mol. The SMILES string of the molecule is Cc1cccn2c(C=O)c(-c3cccc(C(F)(F)F)c3)cc12. The highest BCUT2D eigenvalue weighted by Crippen LogP contribution is 2.34. The monoisotopic (exact) mass is 303 g/mol. The molecule has 0 atom stereocenters. The van der Waals surface area contributed by atoms with E-state index in [0.717, 1.165) is 23.2 Å². The van der Waals surface area contributed by atoms with Crippen LogP contribution in [0.25, 0.3) is 16.6 Å². The van der Waals surface area contributed by atoms with Crippen LogP contribution in [0.3, 0.4) is 0 Å². The minimum atomic E-state index is -4.41. The van der Waals surface area contributed by atoms with Crippen molar-refractivity contribution in [1.82, 2.24) is 4.40 Å². The summed E-state index contributed by atoms with van der Waals surface area (Å²) < 4.78 is 40.3. The third-order valence-electron chi connectivity index (χ3n) is 3.67. The molecule has 0 N–H and O–H groups in total. The summed E-state index contributed by atoms with van der Waals surface area (Å²) in [6.07, 6.45) is -2.02. The van der Waals surface area contributed by atoms with Crippen LogP contribution in [-0.4, -0.2) is 10.7 Å². The summed E-state index contributed by atoms with van der Waals surface area (Å²) in [6, 6.07) is 10.4. The third kappa shape index (κ3) is 2.28. The van der Waals surface area contributed by atoms with E-state index in [0.29, 0.717) is 23.1 Å². The maximum absolute atomic E-state index is 12.9. The zero-order chi connectivity index (χ0) is 15.9. The summed E-state index contributed by atoms with van der Waals surface area (Å²) in [5.41, 5.74) is 2.24. The largest absolute Gasteiger partial charge is 0.416 e. The summed E-state index contributed by atoms with van der Waals surface area (Å²) in [4.78, 5) is 11.4. The quantitative estimate of drug-likeness (QED) is 0.626. The first-order valence-electron chi connectivity index (χ1n) is 6.65. The van der Waals surface area contributed by atoms with Gasteiger partial charge in [-0.2, -0.15) is 13.2 Å². The number of carbonyl (C=O) groups excluding carboxylic acids is 1. The smallest absolute Gasteiger partial charge is 0.313 e. The van der Waals surface area contributed by atoms with Gasteiger partial charge in [0.05, 0.1) is 11.3 Å². The summed E-state index contributed by atoms with van der Waals surface area (Å²) >= 11 is 0. The number of aromatic nitrogens is 1. The maximum Gasteiger partial charge on any atom is 0.416 e. The molecule has 0 saturated heterocycles. The topological polar surface area (TPSA) is 21.5 Å². The van der Waals surface area contributed by atoms with Crippen molar-refractivity contribution in [1.29, 1.82) is 0 Å². The summed E-state index contributed by atoms with van der Waals surface area (Å²) in [5.74, 6) is 0. The predicted octanol–water partition coefficient (Wildman–Crippen LogP) is 4.75. The first kappa shape index (κ1) is 14.4. The van der Waals surface area contributed by atoms with E-state index in [4.69, 9.17) is 0 Å². The molecule has 5 heteroatoms. The molecule has 0 unspecified atom stereocenters. The normalized spacial score (nSPS) is 11.8. The molecule has 3 rings (SSSR count). The van der Waals surface area contributed by atoms with Crippen molar-refractivity contribution in [2.45, 2.75) is 13.1 Å². The molecule has 2 nitrogen and oxygen atoms in total. The Hall–Kier alpha value is -2.56. The van der Waals surface area contributed by atoms with Gasteiger partial charge in [-0.25, -0.2) is 0 Å². The Kier molecular flexibility index (Phi) is 3.28. The van der Waals surface area contributed by atoms with Crippen LogP contribution in [0.15, 0.2) is 48.7 Å². The minimum absolute atomic E-state index is 0.345. The fourth-order valence-electron chi connectivity index (χ4n) is 2.58. The van der Waals surface area contributed by atoms with Gasteiger partial charge in [-0.15, -0.1) is 0 Å². The number of carbonyl (C=O) groups is 1. The highest BCUT2D eigenvalue weighted by Gasteiger charge is 2.30. The van der Waals surface area contributed by atoms with Crippen LogP contribution in [0, 0.1) is 6.92 Å². The van der Waals surface area contributed by atoms with Gasteiger partial charge in [0.15, 0.2) is 6.29 Å². The zero-order valence-electron chi connectivity index (χ0n) is 11.7. The van der Waals surface area contributed by atoms with Crippen LogP contribution in [0.5, 0.6) is 0 Å². The number of pyridine rings is 1. The van der Waals surface area contributed by atoms with E-state index in [1.54, 1.807) is 28.8 Å². The molecule has 1 aromatic carbocycles. The molecular formula is C17H12F3NO. The lowest BCUT2D eigenvalue weighted by molar-refractivity contribution is -0.137. The van der Waals surface area contributed by atoms with E-state index >= 15 is 0 Å². The minimum Gasteiger partial charge on any atom is -0.313 e. The fourth-order valence-corrected chi connectivity index (χ4v) is 2.58. The molecule has 2 heterocycles. The Balaban J connectivity index is 2.27. The lowest BCUT2D eigenvalue weighted by Crippen LogP contribution is -2.04. The Morgan fingerprint density at radius 1 is 1.09 bits per heavy atom. The molecule has 0 bridgehead atoms. The molecule has 22 heavy (non-hydrogen) atoms. The number of hydrogen-bond acceptors (Lipinski definition) is 1. The summed E-state index contributed by atoms with van der Waals surface area (Å²) in [7, 11) is 0. The van der Waals surface area contributed by atoms with E-state index in [-0.39, 0.29) is 0 Å². The number of aldehydes is 1. The van der Waals surface area contributed by atoms with E-state index in [1.165, 1.54) is 6.07 Å². The van der Waals surface area contributed by atoms with Crippen LogP contribution in [0.2, 0.25) is 0 Å². The second-order valence-corrected chi connectivity index (χ2v) is 5.09. The number of benzene rings is 1. The molecule has 112 valence electrons. The van der Waals surface area contributed by atoms with Gasteiger partial charge in [0.1, 0.15) is 0 Å². The first-order chi connectivity index (χ1) is 10.4. The van der Waals surface area contributed by atoms with Crippen molar-refractivity contribution in [2.75, 3.05) is 0 Å². The second-order valence-electron chi connectivity index (χ2n) is 5.09. The Morgan fingerprint density at radius 2 is 1.86 bits per heavy atom. The van der Waals surface area contributed by atoms with Crippen LogP contribution in [-0.2, 0) is 6.18 Å². The fraction of sp³-hybridized carbons (Fsp3) is 0.118. The van der Waals surface area contributed by atoms with Crippen molar-refractivity contribution in [2.24, 2.45) is 0 Å². The maximum atomic E-state index is 12.9. The van der Waals surface area contributed by atoms with Gasteiger partial charge in [-0.05, 0) is 42.3 Å². The summed E-state index contributed by atoms with van der Waals surface area (Å²) in [5, 5.41) is 0. The molecule has 0 fully saturated rings. The van der Waals surface area contributed by atoms with Gasteiger partial charge >= 0.3 is 6.18 Å². The molecule has 0 radical (unpaired) electrons. The zero-order valence-corrected chi connectivity index (χ0v) is 11.7. The van der Waals surface area contributed by atoms with Crippen molar-refractivity contribution in [3.63, 3.8) is 0 Å². The van der Waals surface area contributed by atoms with E-state index in [2.05, 4.69) is 0 Å². The lowest BCUT2D eigenvalue weighted by atomic mass is 10.0. The number of rotatable bonds is 2. The van der Waals surface area contributed by atoms with E-state index < -0.39 is 11.7 Å². The van der Waals surface area contributed by atoms with Gasteiger partial charge in [0.2, 0.25) is 0 Å². The number of nitrogens with zero attached hydrogens (tertiary/aromatic N) is 1. The van der Waals surface area contributed by atoms with Crippen molar-refractivity contribution in [3.05, 3.63) is 65.5 Å². The van der Waals surface area contributed by atoms with Gasteiger partial charge in [0, 0.05) is 17.3 Å². The van der Waals surface area contributed by atoms with Crippen molar-refractivity contribution >= 4 is 11.8 Å². The average Bonchev–Trinajstić information content (AvgIpc) is 2.86. The van der Waals surface area contributed by atoms with E-state index in [9.17, 15) is 18.0 Å². The third-order valence-corrected chi connectivity index (χ3v) is 3.67. The van der Waals surface area contributed by atoms with Crippen molar-refractivity contribution in [3.8, 4) is 11.1 Å².